The number of primary amides is 2. The summed E-state index contributed by atoms with van der Waals surface area (Å²) in [6.07, 6.45) is 7.63. The number of hydrogen-bond acceptors (Lipinski definition) is 11. The number of carboxylic acid groups (broad SMARTS) is 1. The van der Waals surface area contributed by atoms with E-state index >= 15 is 0 Å². The van der Waals surface area contributed by atoms with Crippen LogP contribution in [0.1, 0.15) is 86.5 Å². The standard InChI is InChI=1S/C9H13N2O4P.C5H11N2OP.C5H10N2O.C5H10NO2P.3CH4/c12-7-3-4-8(13)11(7)15-9(14)6-2-1-5-10(6)16;6-5(8)4-2-1-3-7(4)9;6-5(8)4-2-1-3-7-4;7-5(8)4-2-1-3-6(4)9;;;/h6H,1-5,16H2;4H,1-3,9H2,(H2,6,8);4,7H,1-3H2,(H2,6,8);4H,1-3,9H2,(H,7,8);3*1H4/t6-;3*4-;;;/m0000.../s1. The largest absolute Gasteiger partial charge is 0.480 e. The number of carboxylic acids is 1. The highest BCUT2D eigenvalue weighted by molar-refractivity contribution is 7.13. The molecule has 45 heavy (non-hydrogen) atoms. The highest BCUT2D eigenvalue weighted by Gasteiger charge is 2.37. The number of carbonyl (C=O) groups excluding carboxylic acids is 5. The van der Waals surface area contributed by atoms with Crippen molar-refractivity contribution in [2.75, 3.05) is 26.2 Å². The Balaban J connectivity index is 0. The minimum Gasteiger partial charge on any atom is -0.480 e. The van der Waals surface area contributed by atoms with Crippen molar-refractivity contribution in [1.82, 2.24) is 24.4 Å². The molecule has 15 nitrogen and oxygen atoms in total. The number of nitrogens with two attached hydrogens (primary N) is 2. The van der Waals surface area contributed by atoms with Gasteiger partial charge in [0.1, 0.15) is 12.1 Å². The smallest absolute Gasteiger partial charge is 0.350 e. The first-order valence-corrected chi connectivity index (χ1v) is 15.5. The molecule has 3 unspecified atom stereocenters. The van der Waals surface area contributed by atoms with Crippen LogP contribution in [0.2, 0.25) is 0 Å². The summed E-state index contributed by atoms with van der Waals surface area (Å²) in [4.78, 5) is 70.3. The van der Waals surface area contributed by atoms with Gasteiger partial charge < -0.3 is 26.7 Å². The van der Waals surface area contributed by atoms with Gasteiger partial charge in [-0.15, -0.1) is 5.06 Å². The molecular weight excluding hydrogens is 643 g/mol. The summed E-state index contributed by atoms with van der Waals surface area (Å²) >= 11 is 0. The molecule has 5 fully saturated rings. The van der Waals surface area contributed by atoms with Gasteiger partial charge in [0, 0.05) is 32.5 Å². The zero-order chi connectivity index (χ0) is 31.4. The van der Waals surface area contributed by atoms with E-state index in [1.807, 2.05) is 4.67 Å². The van der Waals surface area contributed by atoms with E-state index in [1.165, 1.54) is 0 Å². The molecule has 0 bridgehead atoms. The number of hydroxylamine groups is 2. The van der Waals surface area contributed by atoms with Gasteiger partial charge in [-0.2, -0.15) is 0 Å². The molecule has 18 heteroatoms. The number of aliphatic carboxylic acids is 1. The second-order valence-corrected chi connectivity index (χ2v) is 12.5. The van der Waals surface area contributed by atoms with Crippen LogP contribution in [0.5, 0.6) is 0 Å². The second-order valence-electron chi connectivity index (χ2n) is 10.5. The lowest BCUT2D eigenvalue weighted by Gasteiger charge is -2.19. The molecule has 5 heterocycles. The van der Waals surface area contributed by atoms with Crippen molar-refractivity contribution in [3.05, 3.63) is 0 Å². The van der Waals surface area contributed by atoms with Crippen LogP contribution in [0, 0.1) is 0 Å². The quantitative estimate of drug-likeness (QED) is 0.234. The summed E-state index contributed by atoms with van der Waals surface area (Å²) in [5.74, 6) is -2.54. The highest BCUT2D eigenvalue weighted by atomic mass is 31.0. The minimum absolute atomic E-state index is 0. The lowest BCUT2D eigenvalue weighted by atomic mass is 10.2. The molecule has 0 spiro atoms. The van der Waals surface area contributed by atoms with Crippen LogP contribution < -0.4 is 16.8 Å². The summed E-state index contributed by atoms with van der Waals surface area (Å²) < 4.78 is 5.50. The van der Waals surface area contributed by atoms with Crippen LogP contribution in [0.25, 0.3) is 0 Å². The van der Waals surface area contributed by atoms with Gasteiger partial charge >= 0.3 is 11.9 Å². The number of carbonyl (C=O) groups is 6. The maximum atomic E-state index is 11.7. The van der Waals surface area contributed by atoms with Crippen LogP contribution in [-0.2, 0) is 33.6 Å². The molecule has 0 aromatic carbocycles. The first kappa shape index (κ1) is 45.3. The average Bonchev–Trinajstić information content (AvgIpc) is 3.76. The van der Waals surface area contributed by atoms with E-state index in [0.29, 0.717) is 11.5 Å². The first-order chi connectivity index (χ1) is 19.8. The Labute approximate surface area is 274 Å². The van der Waals surface area contributed by atoms with Crippen LogP contribution in [-0.4, -0.2) is 110 Å². The molecule has 5 saturated heterocycles. The lowest BCUT2D eigenvalue weighted by Crippen LogP contribution is -2.39. The molecule has 5 aliphatic heterocycles. The molecule has 0 aromatic heterocycles. The molecule has 7 atom stereocenters. The van der Waals surface area contributed by atoms with Gasteiger partial charge in [-0.1, -0.05) is 50.5 Å². The Morgan fingerprint density at radius 2 is 1.16 bits per heavy atom. The minimum atomic E-state index is -0.706. The third-order valence-corrected chi connectivity index (χ3v) is 9.21. The number of nitrogens with zero attached hydrogens (tertiary/aromatic N) is 4. The van der Waals surface area contributed by atoms with Crippen LogP contribution in [0.4, 0.5) is 0 Å². The second kappa shape index (κ2) is 22.6. The molecule has 5 rings (SSSR count). The topological polar surface area (TPSA) is 209 Å². The summed E-state index contributed by atoms with van der Waals surface area (Å²) in [6.45, 7) is 3.60. The number of hydrogen-bond donors (Lipinski definition) is 4. The predicted molar refractivity (Wildman–Crippen MR) is 183 cm³/mol. The van der Waals surface area contributed by atoms with E-state index in [-0.39, 0.29) is 71.1 Å². The summed E-state index contributed by atoms with van der Waals surface area (Å²) in [6, 6.07) is -0.703. The summed E-state index contributed by atoms with van der Waals surface area (Å²) in [5.41, 5.74) is 10.1. The van der Waals surface area contributed by atoms with Crippen molar-refractivity contribution in [2.24, 2.45) is 11.5 Å². The van der Waals surface area contributed by atoms with Crippen molar-refractivity contribution >= 4 is 63.7 Å². The van der Waals surface area contributed by atoms with Crippen molar-refractivity contribution in [1.29, 1.82) is 0 Å². The zero-order valence-corrected chi connectivity index (χ0v) is 27.2. The first-order valence-electron chi connectivity index (χ1n) is 14.0. The Kier molecular flexibility index (Phi) is 22.8. The average molecular weight is 700 g/mol. The van der Waals surface area contributed by atoms with E-state index in [1.54, 1.807) is 9.34 Å². The SMILES string of the molecule is C.C.C.NC(=O)[C@@H]1CCCN1.NC(=O)[C@@H]1CCCN1P.O=C(O)[C@@H]1CCCN1P.O=C(ON1C(=O)CCC1=O)[C@@H]1CCCN1P. The molecule has 0 aliphatic carbocycles. The van der Waals surface area contributed by atoms with Gasteiger partial charge in [0.25, 0.3) is 11.8 Å². The Hall–Kier alpha value is -1.85. The monoisotopic (exact) mass is 699 g/mol. The molecule has 0 saturated carbocycles. The number of imide groups is 1. The van der Waals surface area contributed by atoms with E-state index in [2.05, 4.69) is 33.5 Å². The van der Waals surface area contributed by atoms with Crippen molar-refractivity contribution in [3.8, 4) is 0 Å². The maximum Gasteiger partial charge on any atom is 0.350 e. The number of amides is 4. The fourth-order valence-corrected chi connectivity index (χ4v) is 6.32. The van der Waals surface area contributed by atoms with E-state index < -0.39 is 23.8 Å². The van der Waals surface area contributed by atoms with Crippen LogP contribution >= 0.6 is 28.2 Å². The molecule has 6 N–H and O–H groups in total. The third kappa shape index (κ3) is 14.6. The van der Waals surface area contributed by atoms with E-state index in [9.17, 15) is 28.8 Å². The molecule has 4 amide bonds. The van der Waals surface area contributed by atoms with Gasteiger partial charge in [0.15, 0.2) is 0 Å². The zero-order valence-electron chi connectivity index (χ0n) is 23.7. The molecule has 0 radical (unpaired) electrons. The summed E-state index contributed by atoms with van der Waals surface area (Å²) in [5, 5.41) is 12.1. The van der Waals surface area contributed by atoms with Crippen LogP contribution in [0.3, 0.4) is 0 Å². The fraction of sp³-hybridized carbons (Fsp3) is 0.778. The van der Waals surface area contributed by atoms with Crippen molar-refractivity contribution in [2.45, 2.75) is 111 Å². The Morgan fingerprint density at radius 1 is 0.711 bits per heavy atom. The van der Waals surface area contributed by atoms with E-state index in [4.69, 9.17) is 21.4 Å². The molecule has 262 valence electrons. The molecule has 0 aromatic rings. The van der Waals surface area contributed by atoms with E-state index in [0.717, 1.165) is 71.1 Å². The predicted octanol–water partition coefficient (Wildman–Crippen LogP) is 1.03. The van der Waals surface area contributed by atoms with Gasteiger partial charge in [-0.05, 0) is 57.9 Å². The fourth-order valence-electron chi connectivity index (χ4n) is 4.93. The van der Waals surface area contributed by atoms with Gasteiger partial charge in [0.05, 0.1) is 12.1 Å². The number of nitrogens with one attached hydrogen (secondary N) is 1. The lowest BCUT2D eigenvalue weighted by molar-refractivity contribution is -0.199. The van der Waals surface area contributed by atoms with Gasteiger partial charge in [-0.25, -0.2) is 4.79 Å². The highest BCUT2D eigenvalue weighted by Crippen LogP contribution is 2.24. The molecule has 5 aliphatic rings. The van der Waals surface area contributed by atoms with Crippen molar-refractivity contribution in [3.63, 3.8) is 0 Å². The maximum absolute atomic E-state index is 11.7. The Bertz CT molecular complexity index is 944. The summed E-state index contributed by atoms with van der Waals surface area (Å²) in [7, 11) is 7.40. The van der Waals surface area contributed by atoms with Gasteiger partial charge in [0.2, 0.25) is 11.8 Å². The van der Waals surface area contributed by atoms with Gasteiger partial charge in [-0.3, -0.25) is 38.0 Å². The third-order valence-electron chi connectivity index (χ3n) is 7.36. The molecular formula is C27H56N7O8P3. The number of rotatable bonds is 5. The Morgan fingerprint density at radius 3 is 1.42 bits per heavy atom. The normalized spacial score (nSPS) is 26.0. The van der Waals surface area contributed by atoms with Crippen LogP contribution in [0.15, 0.2) is 0 Å². The van der Waals surface area contributed by atoms with Crippen molar-refractivity contribution < 1.29 is 38.7 Å².